The van der Waals surface area contributed by atoms with Crippen molar-refractivity contribution in [2.45, 2.75) is 38.7 Å². The van der Waals surface area contributed by atoms with E-state index in [0.717, 1.165) is 5.56 Å². The van der Waals surface area contributed by atoms with Crippen LogP contribution in [-0.4, -0.2) is 35.0 Å². The van der Waals surface area contributed by atoms with Gasteiger partial charge in [-0.05, 0) is 56.4 Å². The molecule has 0 radical (unpaired) electrons. The van der Waals surface area contributed by atoms with Crippen molar-refractivity contribution >= 4 is 29.1 Å². The first-order valence-corrected chi connectivity index (χ1v) is 9.62. The number of hydrogen-bond acceptors (Lipinski definition) is 6. The number of nitrogens with two attached hydrogens (primary N) is 1. The van der Waals surface area contributed by atoms with E-state index < -0.39 is 17.2 Å². The summed E-state index contributed by atoms with van der Waals surface area (Å²) in [4.78, 5) is 33.0. The Labute approximate surface area is 173 Å². The minimum atomic E-state index is -1.23. The summed E-state index contributed by atoms with van der Waals surface area (Å²) in [5.41, 5.74) is 5.69. The highest BCUT2D eigenvalue weighted by atomic mass is 35.5. The third-order valence-electron chi connectivity index (χ3n) is 5.26. The molecule has 3 N–H and O–H groups in total. The quantitative estimate of drug-likeness (QED) is 0.695. The second-order valence-electron chi connectivity index (χ2n) is 7.10. The lowest BCUT2D eigenvalue weighted by Gasteiger charge is -2.35. The van der Waals surface area contributed by atoms with E-state index in [0.29, 0.717) is 42.1 Å². The number of amides is 2. The van der Waals surface area contributed by atoms with Crippen LogP contribution in [0.4, 0.5) is 5.69 Å². The molecular formula is C20H23ClN4O4. The predicted octanol–water partition coefficient (Wildman–Crippen LogP) is 3.23. The van der Waals surface area contributed by atoms with Gasteiger partial charge >= 0.3 is 6.01 Å². The zero-order valence-corrected chi connectivity index (χ0v) is 17.0. The summed E-state index contributed by atoms with van der Waals surface area (Å²) in [6.07, 6.45) is 4.87. The van der Waals surface area contributed by atoms with E-state index in [9.17, 15) is 9.59 Å². The van der Waals surface area contributed by atoms with Crippen molar-refractivity contribution in [2.75, 3.05) is 12.4 Å². The summed E-state index contributed by atoms with van der Waals surface area (Å²) < 4.78 is 11.0. The fraction of sp³-hybridized carbons (Fsp3) is 0.400. The third kappa shape index (κ3) is 4.65. The summed E-state index contributed by atoms with van der Waals surface area (Å²) >= 11 is 5.77. The van der Waals surface area contributed by atoms with Crippen LogP contribution in [0.3, 0.4) is 0 Å². The van der Waals surface area contributed by atoms with Crippen LogP contribution in [0.1, 0.15) is 31.2 Å². The number of hydrogen-bond donors (Lipinski definition) is 2. The molecule has 0 bridgehead atoms. The molecule has 154 valence electrons. The number of nitrogens with one attached hydrogen (secondary N) is 1. The Morgan fingerprint density at radius 1 is 1.24 bits per heavy atom. The number of aromatic nitrogens is 2. The lowest BCUT2D eigenvalue weighted by molar-refractivity contribution is -0.142. The molecule has 0 saturated heterocycles. The predicted molar refractivity (Wildman–Crippen MR) is 108 cm³/mol. The Kier molecular flexibility index (Phi) is 6.34. The van der Waals surface area contributed by atoms with E-state index in [4.69, 9.17) is 26.8 Å². The molecule has 1 aromatic heterocycles. The molecule has 29 heavy (non-hydrogen) atoms. The topological polar surface area (TPSA) is 116 Å². The molecule has 1 fully saturated rings. The van der Waals surface area contributed by atoms with Gasteiger partial charge in [-0.1, -0.05) is 11.6 Å². The molecule has 1 saturated carbocycles. The number of anilines is 1. The minimum Gasteiger partial charge on any atom is -0.424 e. The molecule has 2 aromatic rings. The molecular weight excluding hydrogens is 396 g/mol. The summed E-state index contributed by atoms with van der Waals surface area (Å²) in [6.45, 7) is 1.83. The maximum atomic E-state index is 12.9. The van der Waals surface area contributed by atoms with Gasteiger partial charge in [0.15, 0.2) is 0 Å². The molecule has 1 aliphatic carbocycles. The van der Waals surface area contributed by atoms with Crippen molar-refractivity contribution in [1.82, 2.24) is 9.97 Å². The Bertz CT molecular complexity index is 896. The van der Waals surface area contributed by atoms with E-state index in [1.807, 2.05) is 6.92 Å². The Hall–Kier alpha value is -2.71. The number of ether oxygens (including phenoxy) is 2. The van der Waals surface area contributed by atoms with E-state index in [1.165, 1.54) is 12.4 Å². The number of nitrogens with zero attached hydrogens (tertiary/aromatic N) is 2. The van der Waals surface area contributed by atoms with Gasteiger partial charge in [0.25, 0.3) is 0 Å². The van der Waals surface area contributed by atoms with E-state index in [2.05, 4.69) is 15.3 Å². The van der Waals surface area contributed by atoms with Crippen LogP contribution in [0.2, 0.25) is 5.02 Å². The molecule has 1 heterocycles. The number of primary amides is 1. The standard InChI is InChI=1S/C20H23ClN4O4/c1-12-9-14(3-4-16(12)29-19-23-10-13(21)11-24-19)25-18(27)20(17(22)26)7-5-15(28-2)6-8-20/h3-4,9-11,15H,5-8H2,1-2H3,(H2,22,26)(H,25,27). The second kappa shape index (κ2) is 8.75. The Morgan fingerprint density at radius 3 is 2.45 bits per heavy atom. The Balaban J connectivity index is 1.72. The van der Waals surface area contributed by atoms with Crippen molar-refractivity contribution in [3.05, 3.63) is 41.2 Å². The van der Waals surface area contributed by atoms with Gasteiger partial charge < -0.3 is 20.5 Å². The molecule has 0 spiro atoms. The van der Waals surface area contributed by atoms with Gasteiger partial charge in [0.05, 0.1) is 23.5 Å². The number of methoxy groups -OCH3 is 1. The van der Waals surface area contributed by atoms with Gasteiger partial charge in [-0.3, -0.25) is 9.59 Å². The number of rotatable bonds is 6. The number of aryl methyl sites for hydroxylation is 1. The smallest absolute Gasteiger partial charge is 0.321 e. The van der Waals surface area contributed by atoms with Crippen molar-refractivity contribution in [3.63, 3.8) is 0 Å². The molecule has 3 rings (SSSR count). The van der Waals surface area contributed by atoms with Gasteiger partial charge in [-0.25, -0.2) is 9.97 Å². The molecule has 0 unspecified atom stereocenters. The van der Waals surface area contributed by atoms with Crippen molar-refractivity contribution in [3.8, 4) is 11.8 Å². The fourth-order valence-electron chi connectivity index (χ4n) is 3.45. The van der Waals surface area contributed by atoms with Crippen LogP contribution in [-0.2, 0) is 14.3 Å². The maximum absolute atomic E-state index is 12.9. The lowest BCUT2D eigenvalue weighted by Crippen LogP contribution is -2.49. The number of carbonyl (C=O) groups is 2. The zero-order chi connectivity index (χ0) is 21.0. The molecule has 0 aliphatic heterocycles. The van der Waals surface area contributed by atoms with Gasteiger partial charge in [-0.2, -0.15) is 0 Å². The SMILES string of the molecule is COC1CCC(C(N)=O)(C(=O)Nc2ccc(Oc3ncc(Cl)cn3)c(C)c2)CC1. The molecule has 8 nitrogen and oxygen atoms in total. The van der Waals surface area contributed by atoms with Crippen LogP contribution < -0.4 is 15.8 Å². The van der Waals surface area contributed by atoms with Crippen molar-refractivity contribution in [2.24, 2.45) is 11.1 Å². The van der Waals surface area contributed by atoms with Gasteiger partial charge in [0.1, 0.15) is 11.2 Å². The Morgan fingerprint density at radius 2 is 1.90 bits per heavy atom. The monoisotopic (exact) mass is 418 g/mol. The van der Waals surface area contributed by atoms with Crippen molar-refractivity contribution < 1.29 is 19.1 Å². The van der Waals surface area contributed by atoms with Crippen LogP contribution in [0.15, 0.2) is 30.6 Å². The largest absolute Gasteiger partial charge is 0.424 e. The zero-order valence-electron chi connectivity index (χ0n) is 16.3. The first-order valence-electron chi connectivity index (χ1n) is 9.24. The number of benzene rings is 1. The first-order chi connectivity index (χ1) is 13.8. The molecule has 9 heteroatoms. The highest BCUT2D eigenvalue weighted by molar-refractivity contribution is 6.30. The lowest BCUT2D eigenvalue weighted by atomic mass is 9.71. The maximum Gasteiger partial charge on any atom is 0.321 e. The summed E-state index contributed by atoms with van der Waals surface area (Å²) in [6, 6.07) is 5.29. The fourth-order valence-corrected chi connectivity index (χ4v) is 3.55. The minimum absolute atomic E-state index is 0.0454. The average Bonchev–Trinajstić information content (AvgIpc) is 2.71. The summed E-state index contributed by atoms with van der Waals surface area (Å²) in [7, 11) is 1.63. The molecule has 1 aromatic carbocycles. The van der Waals surface area contributed by atoms with E-state index >= 15 is 0 Å². The molecule has 1 aliphatic rings. The third-order valence-corrected chi connectivity index (χ3v) is 5.45. The molecule has 2 amide bonds. The number of halogens is 1. The van der Waals surface area contributed by atoms with E-state index in [1.54, 1.807) is 25.3 Å². The van der Waals surface area contributed by atoms with Gasteiger partial charge in [0, 0.05) is 12.8 Å². The molecule has 0 atom stereocenters. The average molecular weight is 419 g/mol. The number of carbonyl (C=O) groups excluding carboxylic acids is 2. The van der Waals surface area contributed by atoms with Crippen LogP contribution >= 0.6 is 11.6 Å². The van der Waals surface area contributed by atoms with Crippen molar-refractivity contribution in [1.29, 1.82) is 0 Å². The van der Waals surface area contributed by atoms with Crippen LogP contribution in [0, 0.1) is 12.3 Å². The first kappa shape index (κ1) is 21.0. The highest BCUT2D eigenvalue weighted by Crippen LogP contribution is 2.38. The van der Waals surface area contributed by atoms with Gasteiger partial charge in [-0.15, -0.1) is 0 Å². The van der Waals surface area contributed by atoms with Gasteiger partial charge in [0.2, 0.25) is 11.8 Å². The summed E-state index contributed by atoms with van der Waals surface area (Å²) in [5.74, 6) is -0.467. The van der Waals surface area contributed by atoms with Crippen LogP contribution in [0.5, 0.6) is 11.8 Å². The highest BCUT2D eigenvalue weighted by Gasteiger charge is 2.47. The second-order valence-corrected chi connectivity index (χ2v) is 7.54. The summed E-state index contributed by atoms with van der Waals surface area (Å²) in [5, 5.41) is 3.23. The van der Waals surface area contributed by atoms with E-state index in [-0.39, 0.29) is 12.1 Å². The van der Waals surface area contributed by atoms with Crippen LogP contribution in [0.25, 0.3) is 0 Å². The normalized spacial score (nSPS) is 21.4.